The van der Waals surface area contributed by atoms with Crippen molar-refractivity contribution < 1.29 is 9.59 Å². The molecule has 2 saturated heterocycles. The van der Waals surface area contributed by atoms with Crippen LogP contribution in [0.1, 0.15) is 38.5 Å². The fourth-order valence-electron chi connectivity index (χ4n) is 3.23. The number of carbonyl (C=O) groups excluding carboxylic acids is 2. The standard InChI is InChI=1S/C13H20N2O2/c16-12-7-10-3-4-11(8-12)15(10)6-5-14-13(17)9-1-2-9/h9-11H,1-8H2,(H,14,17). The normalized spacial score (nSPS) is 32.8. The summed E-state index contributed by atoms with van der Waals surface area (Å²) in [6.07, 6.45) is 5.91. The average molecular weight is 236 g/mol. The summed E-state index contributed by atoms with van der Waals surface area (Å²) in [5.74, 6) is 0.954. The molecule has 94 valence electrons. The maximum absolute atomic E-state index is 11.5. The van der Waals surface area contributed by atoms with Crippen molar-refractivity contribution in [2.45, 2.75) is 50.6 Å². The molecule has 2 bridgehead atoms. The molecule has 17 heavy (non-hydrogen) atoms. The van der Waals surface area contributed by atoms with E-state index in [1.807, 2.05) is 0 Å². The number of amides is 1. The molecule has 1 aliphatic carbocycles. The van der Waals surface area contributed by atoms with Gasteiger partial charge in [0.05, 0.1) is 0 Å². The number of fused-ring (bicyclic) bond motifs is 2. The van der Waals surface area contributed by atoms with Crippen LogP contribution in [0.25, 0.3) is 0 Å². The van der Waals surface area contributed by atoms with E-state index in [0.717, 1.165) is 51.6 Å². The van der Waals surface area contributed by atoms with Gasteiger partial charge in [-0.05, 0) is 25.7 Å². The number of rotatable bonds is 4. The second-order valence-corrected chi connectivity index (χ2v) is 5.64. The van der Waals surface area contributed by atoms with Crippen LogP contribution < -0.4 is 5.32 Å². The minimum atomic E-state index is 0.227. The zero-order valence-corrected chi connectivity index (χ0v) is 10.2. The SMILES string of the molecule is O=C1CC2CCC(C1)N2CCNC(=O)C1CC1. The van der Waals surface area contributed by atoms with Gasteiger partial charge < -0.3 is 5.32 Å². The maximum Gasteiger partial charge on any atom is 0.223 e. The van der Waals surface area contributed by atoms with Crippen molar-refractivity contribution in [2.75, 3.05) is 13.1 Å². The first-order chi connectivity index (χ1) is 8.24. The number of hydrogen-bond acceptors (Lipinski definition) is 3. The number of hydrogen-bond donors (Lipinski definition) is 1. The highest BCUT2D eigenvalue weighted by molar-refractivity contribution is 5.81. The van der Waals surface area contributed by atoms with Crippen LogP contribution in [0.2, 0.25) is 0 Å². The summed E-state index contributed by atoms with van der Waals surface area (Å²) in [4.78, 5) is 25.4. The summed E-state index contributed by atoms with van der Waals surface area (Å²) in [5, 5.41) is 3.01. The van der Waals surface area contributed by atoms with Crippen LogP contribution in [0.4, 0.5) is 0 Å². The largest absolute Gasteiger partial charge is 0.355 e. The Morgan fingerprint density at radius 2 is 1.82 bits per heavy atom. The van der Waals surface area contributed by atoms with Crippen molar-refractivity contribution in [3.8, 4) is 0 Å². The van der Waals surface area contributed by atoms with E-state index in [-0.39, 0.29) is 5.91 Å². The molecule has 2 unspecified atom stereocenters. The van der Waals surface area contributed by atoms with Gasteiger partial charge in [0, 0.05) is 43.9 Å². The van der Waals surface area contributed by atoms with Gasteiger partial charge in [0.1, 0.15) is 5.78 Å². The molecule has 0 aromatic heterocycles. The average Bonchev–Trinajstić information content (AvgIpc) is 3.08. The van der Waals surface area contributed by atoms with Gasteiger partial charge in [0.15, 0.2) is 0 Å². The Balaban J connectivity index is 1.45. The molecule has 1 amide bonds. The lowest BCUT2D eigenvalue weighted by molar-refractivity contribution is -0.125. The zero-order chi connectivity index (χ0) is 11.8. The number of piperidine rings is 1. The summed E-state index contributed by atoms with van der Waals surface area (Å²) >= 11 is 0. The Hall–Kier alpha value is -0.900. The lowest BCUT2D eigenvalue weighted by atomic mass is 10.0. The Bertz CT molecular complexity index is 322. The van der Waals surface area contributed by atoms with Crippen LogP contribution in [0, 0.1) is 5.92 Å². The van der Waals surface area contributed by atoms with Gasteiger partial charge in [-0.3, -0.25) is 14.5 Å². The Kier molecular flexibility index (Phi) is 2.90. The molecule has 4 heteroatoms. The van der Waals surface area contributed by atoms with Crippen molar-refractivity contribution >= 4 is 11.7 Å². The zero-order valence-electron chi connectivity index (χ0n) is 10.2. The third-order valence-electron chi connectivity index (χ3n) is 4.32. The molecule has 2 atom stereocenters. The van der Waals surface area contributed by atoms with Crippen LogP contribution >= 0.6 is 0 Å². The summed E-state index contributed by atoms with van der Waals surface area (Å²) in [6, 6.07) is 0.915. The number of nitrogens with one attached hydrogen (secondary N) is 1. The molecule has 1 N–H and O–H groups in total. The molecule has 2 heterocycles. The van der Waals surface area contributed by atoms with Crippen molar-refractivity contribution in [1.82, 2.24) is 10.2 Å². The lowest BCUT2D eigenvalue weighted by Gasteiger charge is -2.33. The van der Waals surface area contributed by atoms with E-state index in [4.69, 9.17) is 0 Å². The second kappa shape index (κ2) is 4.41. The molecule has 2 aliphatic heterocycles. The van der Waals surface area contributed by atoms with E-state index < -0.39 is 0 Å². The van der Waals surface area contributed by atoms with E-state index in [2.05, 4.69) is 10.2 Å². The first kappa shape index (κ1) is 11.2. The first-order valence-corrected chi connectivity index (χ1v) is 6.79. The van der Waals surface area contributed by atoms with E-state index >= 15 is 0 Å². The smallest absolute Gasteiger partial charge is 0.223 e. The molecule has 0 aromatic carbocycles. The maximum atomic E-state index is 11.5. The molecular formula is C13H20N2O2. The monoisotopic (exact) mass is 236 g/mol. The lowest BCUT2D eigenvalue weighted by Crippen LogP contribution is -2.46. The van der Waals surface area contributed by atoms with Gasteiger partial charge in [-0.1, -0.05) is 0 Å². The van der Waals surface area contributed by atoms with Gasteiger partial charge >= 0.3 is 0 Å². The van der Waals surface area contributed by atoms with Gasteiger partial charge in [0.25, 0.3) is 0 Å². The molecule has 0 aromatic rings. The van der Waals surface area contributed by atoms with Crippen molar-refractivity contribution in [2.24, 2.45) is 5.92 Å². The minimum Gasteiger partial charge on any atom is -0.355 e. The highest BCUT2D eigenvalue weighted by atomic mass is 16.2. The Morgan fingerprint density at radius 3 is 2.41 bits per heavy atom. The van der Waals surface area contributed by atoms with E-state index in [9.17, 15) is 9.59 Å². The van der Waals surface area contributed by atoms with Crippen LogP contribution in [0.15, 0.2) is 0 Å². The summed E-state index contributed by atoms with van der Waals surface area (Å²) in [6.45, 7) is 1.66. The number of carbonyl (C=O) groups is 2. The molecule has 0 radical (unpaired) electrons. The van der Waals surface area contributed by atoms with Gasteiger partial charge in [-0.2, -0.15) is 0 Å². The number of Topliss-reactive ketones (excluding diaryl/α,β-unsaturated/α-hetero) is 1. The number of nitrogens with zero attached hydrogens (tertiary/aromatic N) is 1. The fourth-order valence-corrected chi connectivity index (χ4v) is 3.23. The van der Waals surface area contributed by atoms with Gasteiger partial charge in [0.2, 0.25) is 5.91 Å². The van der Waals surface area contributed by atoms with Crippen molar-refractivity contribution in [3.63, 3.8) is 0 Å². The summed E-state index contributed by atoms with van der Waals surface area (Å²) in [5.41, 5.74) is 0. The predicted molar refractivity (Wildman–Crippen MR) is 63.5 cm³/mol. The molecule has 4 nitrogen and oxygen atoms in total. The van der Waals surface area contributed by atoms with Crippen LogP contribution in [0.5, 0.6) is 0 Å². The molecule has 3 fully saturated rings. The molecule has 3 rings (SSSR count). The second-order valence-electron chi connectivity index (χ2n) is 5.64. The highest BCUT2D eigenvalue weighted by Crippen LogP contribution is 2.33. The summed E-state index contributed by atoms with van der Waals surface area (Å²) < 4.78 is 0. The topological polar surface area (TPSA) is 49.4 Å². The Morgan fingerprint density at radius 1 is 1.18 bits per heavy atom. The van der Waals surface area contributed by atoms with Gasteiger partial charge in [-0.15, -0.1) is 0 Å². The molecule has 3 aliphatic rings. The van der Waals surface area contributed by atoms with Crippen LogP contribution in [-0.2, 0) is 9.59 Å². The third kappa shape index (κ3) is 2.37. The highest BCUT2D eigenvalue weighted by Gasteiger charge is 2.39. The van der Waals surface area contributed by atoms with Crippen LogP contribution in [-0.4, -0.2) is 41.8 Å². The minimum absolute atomic E-state index is 0.227. The number of ketones is 1. The van der Waals surface area contributed by atoms with Gasteiger partial charge in [-0.25, -0.2) is 0 Å². The Labute approximate surface area is 102 Å². The quantitative estimate of drug-likeness (QED) is 0.782. The molecule has 0 spiro atoms. The molecular weight excluding hydrogens is 216 g/mol. The predicted octanol–water partition coefficient (Wildman–Crippen LogP) is 0.708. The summed E-state index contributed by atoms with van der Waals surface area (Å²) in [7, 11) is 0. The van der Waals surface area contributed by atoms with Crippen LogP contribution in [0.3, 0.4) is 0 Å². The third-order valence-corrected chi connectivity index (χ3v) is 4.32. The fraction of sp³-hybridized carbons (Fsp3) is 0.846. The van der Waals surface area contributed by atoms with E-state index in [0.29, 0.717) is 23.8 Å². The van der Waals surface area contributed by atoms with Crippen molar-refractivity contribution in [3.05, 3.63) is 0 Å². The van der Waals surface area contributed by atoms with E-state index in [1.165, 1.54) is 0 Å². The molecule has 1 saturated carbocycles. The first-order valence-electron chi connectivity index (χ1n) is 6.79. The van der Waals surface area contributed by atoms with Crippen molar-refractivity contribution in [1.29, 1.82) is 0 Å². The van der Waals surface area contributed by atoms with E-state index in [1.54, 1.807) is 0 Å².